The number of nitrogens with two attached hydrogens (primary N) is 1. The number of ketones is 4. The van der Waals surface area contributed by atoms with Crippen LogP contribution >= 0.6 is 11.3 Å². The highest BCUT2D eigenvalue weighted by atomic mass is 32.1. The molecule has 258 valence electrons. The Kier molecular flexibility index (Phi) is 9.11. The van der Waals surface area contributed by atoms with Crippen molar-refractivity contribution < 1.29 is 39.3 Å². The van der Waals surface area contributed by atoms with Crippen LogP contribution in [0, 0.1) is 23.7 Å². The molecule has 4 aliphatic rings. The van der Waals surface area contributed by atoms with Gasteiger partial charge in [0.15, 0.2) is 34.7 Å². The number of primary amides is 1. The molecule has 14 heteroatoms. The van der Waals surface area contributed by atoms with E-state index in [2.05, 4.69) is 9.80 Å². The highest BCUT2D eigenvalue weighted by Crippen LogP contribution is 2.53. The SMILES string of the molecule is CN(C)c1cc(-c2ccc(CN3CCN(CCO)CC3)s2)c(O)c2c1CC1CC3C(N(C)C)C(=O)C(C(N)=O)C(=O)C3(O)C(=O)C1C2=O. The van der Waals surface area contributed by atoms with E-state index in [1.807, 2.05) is 37.2 Å². The number of phenols is 1. The summed E-state index contributed by atoms with van der Waals surface area (Å²) in [7, 11) is 6.79. The van der Waals surface area contributed by atoms with Gasteiger partial charge in [-0.2, -0.15) is 0 Å². The number of anilines is 1. The zero-order valence-corrected chi connectivity index (χ0v) is 28.5. The van der Waals surface area contributed by atoms with E-state index in [-0.39, 0.29) is 30.8 Å². The van der Waals surface area contributed by atoms with E-state index < -0.39 is 64.4 Å². The van der Waals surface area contributed by atoms with E-state index in [1.165, 1.54) is 16.2 Å². The fourth-order valence-corrected chi connectivity index (χ4v) is 9.45. The number of thiophene rings is 1. The van der Waals surface area contributed by atoms with E-state index >= 15 is 0 Å². The number of aliphatic hydroxyl groups is 2. The standard InChI is InChI=1S/C34H43N5O8S/c1-36(2)22-15-20(23-6-5-18(48-23)16-39-9-7-38(8-10-39)11-12-40)28(41)25-19(22)13-17-14-21-27(37(3)4)30(43)26(33(35)46)32(45)34(21,47)31(44)24(17)29(25)42/h5-6,15,17,21,24,26-27,40-41,47H,7-14,16H2,1-4H3,(H2,35,46). The quantitative estimate of drug-likeness (QED) is 0.269. The molecular formula is C34H43N5O8S. The molecule has 3 fully saturated rings. The van der Waals surface area contributed by atoms with Gasteiger partial charge < -0.3 is 26.0 Å². The number of piperazine rings is 1. The number of rotatable bonds is 8. The number of hydrogen-bond acceptors (Lipinski definition) is 13. The van der Waals surface area contributed by atoms with E-state index in [9.17, 15) is 39.3 Å². The van der Waals surface area contributed by atoms with Crippen molar-refractivity contribution >= 4 is 46.1 Å². The molecule has 1 aliphatic heterocycles. The number of amides is 1. The number of phenolic OH excluding ortho intramolecular Hbond substituents is 1. The van der Waals surface area contributed by atoms with Crippen LogP contribution < -0.4 is 10.6 Å². The average molecular weight is 682 g/mol. The topological polar surface area (TPSA) is 185 Å². The van der Waals surface area contributed by atoms with E-state index in [1.54, 1.807) is 14.1 Å². The van der Waals surface area contributed by atoms with Gasteiger partial charge in [0.25, 0.3) is 0 Å². The maximum Gasteiger partial charge on any atom is 0.235 e. The molecule has 6 unspecified atom stereocenters. The summed E-state index contributed by atoms with van der Waals surface area (Å²) in [6.45, 7) is 5.00. The Labute approximate surface area is 282 Å². The Morgan fingerprint density at radius 1 is 1.04 bits per heavy atom. The fraction of sp³-hybridized carbons (Fsp3) is 0.559. The first-order valence-electron chi connectivity index (χ1n) is 16.3. The molecule has 5 N–H and O–H groups in total. The van der Waals surface area contributed by atoms with Crippen molar-refractivity contribution in [2.45, 2.75) is 31.0 Å². The van der Waals surface area contributed by atoms with Crippen LogP contribution in [0.4, 0.5) is 5.69 Å². The summed E-state index contributed by atoms with van der Waals surface area (Å²) in [6, 6.07) is 4.60. The Morgan fingerprint density at radius 2 is 1.71 bits per heavy atom. The number of Topliss-reactive ketones (excluding diaryl/α,β-unsaturated/α-hetero) is 4. The Hall–Kier alpha value is -3.53. The minimum atomic E-state index is -2.76. The maximum atomic E-state index is 14.4. The van der Waals surface area contributed by atoms with Crippen molar-refractivity contribution in [3.8, 4) is 16.2 Å². The molecule has 6 rings (SSSR count). The van der Waals surface area contributed by atoms with E-state index in [0.29, 0.717) is 23.4 Å². The van der Waals surface area contributed by atoms with Crippen LogP contribution in [-0.4, -0.2) is 138 Å². The molecule has 2 aromatic rings. The fourth-order valence-electron chi connectivity index (χ4n) is 8.38. The number of fused-ring (bicyclic) bond motifs is 3. The van der Waals surface area contributed by atoms with Gasteiger partial charge in [0.2, 0.25) is 5.91 Å². The molecule has 2 saturated carbocycles. The molecule has 6 atom stereocenters. The molecule has 3 aliphatic carbocycles. The average Bonchev–Trinajstić information content (AvgIpc) is 3.47. The van der Waals surface area contributed by atoms with Crippen molar-refractivity contribution in [3.63, 3.8) is 0 Å². The van der Waals surface area contributed by atoms with Crippen molar-refractivity contribution in [1.82, 2.24) is 14.7 Å². The third kappa shape index (κ3) is 5.38. The number of β-amino-alcohol motifs (C(OH)–C–C–N with tert-alkyl or cyclic N) is 1. The molecule has 1 aromatic heterocycles. The van der Waals surface area contributed by atoms with Gasteiger partial charge in [-0.15, -0.1) is 11.3 Å². The lowest BCUT2D eigenvalue weighted by Gasteiger charge is -2.52. The summed E-state index contributed by atoms with van der Waals surface area (Å²) >= 11 is 1.50. The number of carbonyl (C=O) groups is 5. The summed E-state index contributed by atoms with van der Waals surface area (Å²) in [5.74, 6) is -10.6. The van der Waals surface area contributed by atoms with Crippen molar-refractivity contribution in [3.05, 3.63) is 34.2 Å². The molecule has 13 nitrogen and oxygen atoms in total. The number of likely N-dealkylation sites (N-methyl/N-ethyl adjacent to an activating group) is 1. The predicted molar refractivity (Wildman–Crippen MR) is 178 cm³/mol. The molecule has 1 amide bonds. The summed E-state index contributed by atoms with van der Waals surface area (Å²) in [4.78, 5) is 77.5. The van der Waals surface area contributed by atoms with Crippen molar-refractivity contribution in [1.29, 1.82) is 0 Å². The van der Waals surface area contributed by atoms with Gasteiger partial charge in [0, 0.05) is 80.3 Å². The Balaban J connectivity index is 1.36. The highest BCUT2D eigenvalue weighted by Gasteiger charge is 2.69. The summed E-state index contributed by atoms with van der Waals surface area (Å²) in [6.07, 6.45) is 0.201. The Bertz CT molecular complexity index is 1680. The number of nitrogens with zero attached hydrogens (tertiary/aromatic N) is 4. The monoisotopic (exact) mass is 681 g/mol. The maximum absolute atomic E-state index is 14.4. The van der Waals surface area contributed by atoms with Gasteiger partial charge in [-0.3, -0.25) is 38.7 Å². The highest BCUT2D eigenvalue weighted by molar-refractivity contribution is 7.15. The van der Waals surface area contributed by atoms with Crippen LogP contribution in [0.25, 0.3) is 10.4 Å². The van der Waals surface area contributed by atoms with Gasteiger partial charge in [-0.25, -0.2) is 0 Å². The van der Waals surface area contributed by atoms with Crippen LogP contribution in [0.5, 0.6) is 5.75 Å². The first-order chi connectivity index (χ1) is 22.7. The normalized spacial score (nSPS) is 29.5. The van der Waals surface area contributed by atoms with Crippen molar-refractivity contribution in [2.75, 3.05) is 72.4 Å². The zero-order chi connectivity index (χ0) is 34.8. The molecule has 2 heterocycles. The van der Waals surface area contributed by atoms with Gasteiger partial charge in [-0.05, 0) is 56.6 Å². The second kappa shape index (κ2) is 12.7. The lowest BCUT2D eigenvalue weighted by Crippen LogP contribution is -2.74. The summed E-state index contributed by atoms with van der Waals surface area (Å²) in [5, 5.41) is 32.9. The minimum absolute atomic E-state index is 0.00181. The lowest BCUT2D eigenvalue weighted by atomic mass is 9.52. The van der Waals surface area contributed by atoms with Crippen LogP contribution in [0.3, 0.4) is 0 Å². The zero-order valence-electron chi connectivity index (χ0n) is 27.6. The second-order valence-corrected chi connectivity index (χ2v) is 15.1. The van der Waals surface area contributed by atoms with Crippen molar-refractivity contribution in [2.24, 2.45) is 29.4 Å². The van der Waals surface area contributed by atoms with Gasteiger partial charge >= 0.3 is 0 Å². The minimum Gasteiger partial charge on any atom is -0.506 e. The number of aromatic hydroxyl groups is 1. The largest absolute Gasteiger partial charge is 0.506 e. The molecular weight excluding hydrogens is 638 g/mol. The van der Waals surface area contributed by atoms with Crippen LogP contribution in [0.15, 0.2) is 18.2 Å². The number of aliphatic hydroxyl groups excluding tert-OH is 1. The van der Waals surface area contributed by atoms with Gasteiger partial charge in [0.1, 0.15) is 5.75 Å². The molecule has 0 bridgehead atoms. The summed E-state index contributed by atoms with van der Waals surface area (Å²) < 4.78 is 0. The first-order valence-corrected chi connectivity index (χ1v) is 17.1. The molecule has 1 aromatic carbocycles. The number of hydrogen-bond donors (Lipinski definition) is 4. The molecule has 0 spiro atoms. The molecule has 48 heavy (non-hydrogen) atoms. The molecule has 0 radical (unpaired) electrons. The van der Waals surface area contributed by atoms with Crippen LogP contribution in [0.2, 0.25) is 0 Å². The van der Waals surface area contributed by atoms with E-state index in [0.717, 1.165) is 42.5 Å². The van der Waals surface area contributed by atoms with Crippen LogP contribution in [-0.2, 0) is 32.1 Å². The molecule has 1 saturated heterocycles. The lowest BCUT2D eigenvalue weighted by molar-refractivity contribution is -0.181. The smallest absolute Gasteiger partial charge is 0.235 e. The number of benzene rings is 1. The number of carbonyl (C=O) groups excluding carboxylic acids is 5. The predicted octanol–water partition coefficient (Wildman–Crippen LogP) is -0.229. The third-order valence-corrected chi connectivity index (χ3v) is 11.8. The van der Waals surface area contributed by atoms with Crippen LogP contribution in [0.1, 0.15) is 27.2 Å². The van der Waals surface area contributed by atoms with Gasteiger partial charge in [0.05, 0.1) is 24.1 Å². The first kappa shape index (κ1) is 34.3. The van der Waals surface area contributed by atoms with Gasteiger partial charge in [-0.1, -0.05) is 0 Å². The second-order valence-electron chi connectivity index (χ2n) is 13.9. The van der Waals surface area contributed by atoms with E-state index in [4.69, 9.17) is 5.73 Å². The summed E-state index contributed by atoms with van der Waals surface area (Å²) in [5.41, 5.74) is 4.35. The Morgan fingerprint density at radius 3 is 2.31 bits per heavy atom. The third-order valence-electron chi connectivity index (χ3n) is 10.7.